The molecular weight excluding hydrogens is 378 g/mol. The van der Waals surface area contributed by atoms with Crippen molar-refractivity contribution in [3.8, 4) is 11.5 Å². The van der Waals surface area contributed by atoms with Gasteiger partial charge in [0.05, 0.1) is 7.11 Å². The lowest BCUT2D eigenvalue weighted by atomic mass is 9.60. The van der Waals surface area contributed by atoms with Crippen molar-refractivity contribution in [3.63, 3.8) is 0 Å². The van der Waals surface area contributed by atoms with Crippen LogP contribution in [0, 0.1) is 27.4 Å². The standard InChI is InChI=1S/C21H23NO7/c1-21-8-7-13-14(16(21)5-6-19(21)23)4-3-12-9-18(17(27-2)10-15(12)13)29-20(24)11-28-22(25)26/h7,9-10,14,16H,3-6,8,11H2,1-2H3/t14-,16+,21+/m1/s1. The normalized spacial score (nSPS) is 27.2. The molecule has 3 aliphatic rings. The average molecular weight is 401 g/mol. The van der Waals surface area contributed by atoms with Crippen molar-refractivity contribution in [1.29, 1.82) is 0 Å². The Morgan fingerprint density at radius 2 is 2.07 bits per heavy atom. The molecule has 0 heterocycles. The van der Waals surface area contributed by atoms with E-state index in [0.717, 1.165) is 36.8 Å². The van der Waals surface area contributed by atoms with E-state index in [9.17, 15) is 19.7 Å². The number of Topliss-reactive ketones (excluding diaryl/α,β-unsaturated/α-hetero) is 1. The van der Waals surface area contributed by atoms with Crippen LogP contribution in [0.2, 0.25) is 0 Å². The van der Waals surface area contributed by atoms with Crippen LogP contribution in [0.15, 0.2) is 18.2 Å². The molecule has 154 valence electrons. The van der Waals surface area contributed by atoms with Gasteiger partial charge in [-0.3, -0.25) is 4.79 Å². The monoisotopic (exact) mass is 401 g/mol. The summed E-state index contributed by atoms with van der Waals surface area (Å²) in [7, 11) is 1.48. The number of allylic oxidation sites excluding steroid dienone is 2. The van der Waals surface area contributed by atoms with Gasteiger partial charge in [-0.2, -0.15) is 0 Å². The van der Waals surface area contributed by atoms with Gasteiger partial charge in [0, 0.05) is 11.8 Å². The molecule has 3 atom stereocenters. The van der Waals surface area contributed by atoms with Gasteiger partial charge in [-0.05, 0) is 66.4 Å². The molecule has 0 aromatic heterocycles. The Labute approximate surface area is 167 Å². The van der Waals surface area contributed by atoms with Crippen LogP contribution in [0.4, 0.5) is 0 Å². The minimum Gasteiger partial charge on any atom is -0.493 e. The number of esters is 1. The van der Waals surface area contributed by atoms with Crippen molar-refractivity contribution in [1.82, 2.24) is 0 Å². The second-order valence-corrected chi connectivity index (χ2v) is 8.13. The van der Waals surface area contributed by atoms with Crippen molar-refractivity contribution in [2.24, 2.45) is 17.3 Å². The maximum atomic E-state index is 12.4. The Morgan fingerprint density at radius 1 is 1.28 bits per heavy atom. The molecule has 1 saturated carbocycles. The number of methoxy groups -OCH3 is 1. The Balaban J connectivity index is 1.63. The van der Waals surface area contributed by atoms with Gasteiger partial charge in [-0.15, -0.1) is 10.1 Å². The van der Waals surface area contributed by atoms with Gasteiger partial charge in [-0.1, -0.05) is 13.0 Å². The van der Waals surface area contributed by atoms with E-state index in [1.807, 2.05) is 6.07 Å². The zero-order valence-electron chi connectivity index (χ0n) is 16.4. The number of fused-ring (bicyclic) bond motifs is 5. The smallest absolute Gasteiger partial charge is 0.337 e. The molecule has 29 heavy (non-hydrogen) atoms. The van der Waals surface area contributed by atoms with Crippen molar-refractivity contribution in [3.05, 3.63) is 39.4 Å². The lowest BCUT2D eigenvalue weighted by molar-refractivity contribution is -0.754. The molecule has 0 unspecified atom stereocenters. The molecule has 8 heteroatoms. The summed E-state index contributed by atoms with van der Waals surface area (Å²) in [5.74, 6) is 0.825. The zero-order chi connectivity index (χ0) is 20.8. The summed E-state index contributed by atoms with van der Waals surface area (Å²) < 4.78 is 10.6. The number of hydrogen-bond donors (Lipinski definition) is 0. The maximum absolute atomic E-state index is 12.4. The van der Waals surface area contributed by atoms with Crippen molar-refractivity contribution < 1.29 is 29.0 Å². The lowest BCUT2D eigenvalue weighted by Crippen LogP contribution is -2.38. The zero-order valence-corrected chi connectivity index (χ0v) is 16.4. The van der Waals surface area contributed by atoms with Gasteiger partial charge in [-0.25, -0.2) is 4.79 Å². The molecule has 0 spiro atoms. The number of rotatable bonds is 5. The Morgan fingerprint density at radius 3 is 2.79 bits per heavy atom. The molecule has 0 aliphatic heterocycles. The number of carbonyl (C=O) groups excluding carboxylic acids is 2. The predicted octanol–water partition coefficient (Wildman–Crippen LogP) is 3.14. The first-order valence-electron chi connectivity index (χ1n) is 9.76. The van der Waals surface area contributed by atoms with Gasteiger partial charge < -0.3 is 14.3 Å². The number of aryl methyl sites for hydroxylation is 1. The molecule has 0 radical (unpaired) electrons. The van der Waals surface area contributed by atoms with Crippen LogP contribution in [-0.2, 0) is 20.8 Å². The van der Waals surface area contributed by atoms with E-state index >= 15 is 0 Å². The van der Waals surface area contributed by atoms with Crippen molar-refractivity contribution in [2.75, 3.05) is 13.7 Å². The van der Waals surface area contributed by atoms with Crippen LogP contribution in [0.5, 0.6) is 11.5 Å². The van der Waals surface area contributed by atoms with Gasteiger partial charge in [0.1, 0.15) is 5.78 Å². The molecular formula is C21H23NO7. The third-order valence-electron chi connectivity index (χ3n) is 6.71. The molecule has 0 N–H and O–H groups in total. The highest BCUT2D eigenvalue weighted by molar-refractivity contribution is 5.89. The van der Waals surface area contributed by atoms with Crippen LogP contribution in [-0.4, -0.2) is 30.6 Å². The van der Waals surface area contributed by atoms with Crippen molar-refractivity contribution in [2.45, 2.75) is 39.0 Å². The molecule has 0 bridgehead atoms. The molecule has 1 aromatic carbocycles. The minimum atomic E-state index is -1.04. The van der Waals surface area contributed by atoms with Gasteiger partial charge in [0.2, 0.25) is 0 Å². The number of hydrogen-bond acceptors (Lipinski definition) is 7. The fraction of sp³-hybridized carbons (Fsp3) is 0.524. The molecule has 0 saturated heterocycles. The summed E-state index contributed by atoms with van der Waals surface area (Å²) in [6, 6.07) is 3.63. The number of benzene rings is 1. The maximum Gasteiger partial charge on any atom is 0.337 e. The SMILES string of the molecule is COc1cc2c(cc1OC(=O)CO[N+](=O)[O-])CC[C@@H]1C2=CC[C@]2(C)C(=O)CC[C@@H]12. The fourth-order valence-corrected chi connectivity index (χ4v) is 5.25. The first-order valence-corrected chi connectivity index (χ1v) is 9.76. The number of carbonyl (C=O) groups is 2. The highest BCUT2D eigenvalue weighted by Gasteiger charge is 2.52. The molecule has 0 amide bonds. The van der Waals surface area contributed by atoms with Crippen molar-refractivity contribution >= 4 is 17.3 Å². The number of ether oxygens (including phenoxy) is 2. The quantitative estimate of drug-likeness (QED) is 0.323. The summed E-state index contributed by atoms with van der Waals surface area (Å²) >= 11 is 0. The van der Waals surface area contributed by atoms with Crippen LogP contribution in [0.25, 0.3) is 5.57 Å². The van der Waals surface area contributed by atoms with Crippen LogP contribution < -0.4 is 9.47 Å². The average Bonchev–Trinajstić information content (AvgIpc) is 3.00. The third-order valence-corrected chi connectivity index (χ3v) is 6.71. The second kappa shape index (κ2) is 7.17. The molecule has 8 nitrogen and oxygen atoms in total. The number of nitrogens with zero attached hydrogens (tertiary/aromatic N) is 1. The Kier molecular flexibility index (Phi) is 4.80. The van der Waals surface area contributed by atoms with E-state index in [0.29, 0.717) is 29.8 Å². The molecule has 3 aliphatic carbocycles. The van der Waals surface area contributed by atoms with E-state index in [-0.39, 0.29) is 11.2 Å². The van der Waals surface area contributed by atoms with E-state index in [1.165, 1.54) is 12.7 Å². The summed E-state index contributed by atoms with van der Waals surface area (Å²) in [6.07, 6.45) is 6.29. The summed E-state index contributed by atoms with van der Waals surface area (Å²) in [6.45, 7) is 1.32. The van der Waals surface area contributed by atoms with E-state index in [2.05, 4.69) is 17.8 Å². The largest absolute Gasteiger partial charge is 0.493 e. The molecule has 1 aromatic rings. The highest BCUT2D eigenvalue weighted by Crippen LogP contribution is 2.57. The van der Waals surface area contributed by atoms with E-state index in [1.54, 1.807) is 6.07 Å². The summed E-state index contributed by atoms with van der Waals surface area (Å²) in [4.78, 5) is 38.6. The first-order chi connectivity index (χ1) is 13.8. The minimum absolute atomic E-state index is 0.221. The Hall–Kier alpha value is -2.90. The lowest BCUT2D eigenvalue weighted by Gasteiger charge is -2.43. The number of ketones is 1. The predicted molar refractivity (Wildman–Crippen MR) is 102 cm³/mol. The second-order valence-electron chi connectivity index (χ2n) is 8.13. The van der Waals surface area contributed by atoms with Gasteiger partial charge in [0.15, 0.2) is 18.1 Å². The Bertz CT molecular complexity index is 922. The van der Waals surface area contributed by atoms with Gasteiger partial charge in [0.25, 0.3) is 5.09 Å². The summed E-state index contributed by atoms with van der Waals surface area (Å²) in [5, 5.41) is 9.21. The van der Waals surface area contributed by atoms with Crippen LogP contribution >= 0.6 is 0 Å². The molecule has 4 rings (SSSR count). The van der Waals surface area contributed by atoms with Crippen LogP contribution in [0.1, 0.15) is 43.7 Å². The van der Waals surface area contributed by atoms with Gasteiger partial charge >= 0.3 is 5.97 Å². The van der Waals surface area contributed by atoms with E-state index < -0.39 is 17.7 Å². The van der Waals surface area contributed by atoms with E-state index in [4.69, 9.17) is 9.47 Å². The van der Waals surface area contributed by atoms with Crippen LogP contribution in [0.3, 0.4) is 0 Å². The summed E-state index contributed by atoms with van der Waals surface area (Å²) in [5.41, 5.74) is 3.11. The fourth-order valence-electron chi connectivity index (χ4n) is 5.25. The third kappa shape index (κ3) is 3.26. The topological polar surface area (TPSA) is 105 Å². The first kappa shape index (κ1) is 19.4. The highest BCUT2D eigenvalue weighted by atomic mass is 17.0. The molecule has 1 fully saturated rings.